The summed E-state index contributed by atoms with van der Waals surface area (Å²) in [6.45, 7) is 5.95. The topological polar surface area (TPSA) is 55.0 Å². The molecule has 0 aliphatic rings. The Balaban J connectivity index is 2.47. The fourth-order valence-corrected chi connectivity index (χ4v) is 2.27. The van der Waals surface area contributed by atoms with E-state index in [9.17, 15) is 4.79 Å². The van der Waals surface area contributed by atoms with Gasteiger partial charge in [-0.05, 0) is 30.5 Å². The lowest BCUT2D eigenvalue weighted by Crippen LogP contribution is -2.19. The van der Waals surface area contributed by atoms with Gasteiger partial charge in [-0.25, -0.2) is 4.98 Å². The standard InChI is InChI=1S/C14H18N2O2/c1-8(2)13(14(17)18-4)10-5-6-11-12(7-10)16-9(3)15-11/h5-8,13H,1-4H3,(H,15,16). The third-order valence-electron chi connectivity index (χ3n) is 3.11. The van der Waals surface area contributed by atoms with Gasteiger partial charge < -0.3 is 9.72 Å². The van der Waals surface area contributed by atoms with Gasteiger partial charge in [0.15, 0.2) is 0 Å². The molecule has 0 aliphatic heterocycles. The summed E-state index contributed by atoms with van der Waals surface area (Å²) in [4.78, 5) is 19.4. The molecule has 96 valence electrons. The number of methoxy groups -OCH3 is 1. The zero-order chi connectivity index (χ0) is 13.3. The first kappa shape index (κ1) is 12.6. The third kappa shape index (κ3) is 2.23. The Hall–Kier alpha value is -1.84. The van der Waals surface area contributed by atoms with E-state index in [1.54, 1.807) is 0 Å². The number of esters is 1. The van der Waals surface area contributed by atoms with E-state index in [1.165, 1.54) is 7.11 Å². The summed E-state index contributed by atoms with van der Waals surface area (Å²) in [5.74, 6) is 0.642. The van der Waals surface area contributed by atoms with E-state index in [-0.39, 0.29) is 17.8 Å². The Kier molecular flexibility index (Phi) is 3.36. The van der Waals surface area contributed by atoms with Crippen molar-refractivity contribution in [2.75, 3.05) is 7.11 Å². The van der Waals surface area contributed by atoms with Crippen LogP contribution in [-0.4, -0.2) is 23.0 Å². The molecule has 4 nitrogen and oxygen atoms in total. The zero-order valence-corrected chi connectivity index (χ0v) is 11.2. The number of aromatic nitrogens is 2. The summed E-state index contributed by atoms with van der Waals surface area (Å²) < 4.78 is 4.88. The van der Waals surface area contributed by atoms with Crippen molar-refractivity contribution >= 4 is 17.0 Å². The second kappa shape index (κ2) is 4.80. The van der Waals surface area contributed by atoms with Crippen LogP contribution in [0, 0.1) is 12.8 Å². The minimum absolute atomic E-state index is 0.193. The molecule has 1 heterocycles. The van der Waals surface area contributed by atoms with Gasteiger partial charge in [0, 0.05) is 0 Å². The second-order valence-electron chi connectivity index (χ2n) is 4.84. The third-order valence-corrected chi connectivity index (χ3v) is 3.11. The van der Waals surface area contributed by atoms with Crippen molar-refractivity contribution in [3.05, 3.63) is 29.6 Å². The monoisotopic (exact) mass is 246 g/mol. The molecule has 0 fully saturated rings. The van der Waals surface area contributed by atoms with E-state index in [1.807, 2.05) is 39.0 Å². The number of hydrogen-bond acceptors (Lipinski definition) is 3. The van der Waals surface area contributed by atoms with Crippen molar-refractivity contribution in [3.8, 4) is 0 Å². The number of aryl methyl sites for hydroxylation is 1. The number of carbonyl (C=O) groups is 1. The minimum Gasteiger partial charge on any atom is -0.469 e. The smallest absolute Gasteiger partial charge is 0.313 e. The molecule has 18 heavy (non-hydrogen) atoms. The highest BCUT2D eigenvalue weighted by Gasteiger charge is 2.25. The molecular formula is C14H18N2O2. The number of imidazole rings is 1. The van der Waals surface area contributed by atoms with Crippen LogP contribution < -0.4 is 0 Å². The quantitative estimate of drug-likeness (QED) is 0.847. The molecule has 4 heteroatoms. The molecular weight excluding hydrogens is 228 g/mol. The Morgan fingerprint density at radius 1 is 1.39 bits per heavy atom. The van der Waals surface area contributed by atoms with Crippen LogP contribution in [0.5, 0.6) is 0 Å². The minimum atomic E-state index is -0.233. The van der Waals surface area contributed by atoms with Crippen LogP contribution in [-0.2, 0) is 9.53 Å². The molecule has 2 rings (SSSR count). The van der Waals surface area contributed by atoms with Crippen molar-refractivity contribution in [2.45, 2.75) is 26.7 Å². The van der Waals surface area contributed by atoms with Gasteiger partial charge in [0.1, 0.15) is 5.82 Å². The maximum Gasteiger partial charge on any atom is 0.313 e. The van der Waals surface area contributed by atoms with Crippen LogP contribution in [0.4, 0.5) is 0 Å². The number of ether oxygens (including phenoxy) is 1. The fourth-order valence-electron chi connectivity index (χ4n) is 2.27. The molecule has 0 amide bonds. The molecule has 1 aromatic heterocycles. The van der Waals surface area contributed by atoms with Crippen molar-refractivity contribution in [3.63, 3.8) is 0 Å². The number of nitrogens with one attached hydrogen (secondary N) is 1. The van der Waals surface area contributed by atoms with Crippen LogP contribution in [0.2, 0.25) is 0 Å². The van der Waals surface area contributed by atoms with E-state index < -0.39 is 0 Å². The van der Waals surface area contributed by atoms with Crippen molar-refractivity contribution in [1.82, 2.24) is 9.97 Å². The molecule has 0 saturated carbocycles. The number of carbonyl (C=O) groups excluding carboxylic acids is 1. The average molecular weight is 246 g/mol. The van der Waals surface area contributed by atoms with E-state index in [0.29, 0.717) is 0 Å². The number of benzene rings is 1. The molecule has 0 spiro atoms. The maximum absolute atomic E-state index is 11.8. The fraction of sp³-hybridized carbons (Fsp3) is 0.429. The lowest BCUT2D eigenvalue weighted by molar-refractivity contribution is -0.143. The van der Waals surface area contributed by atoms with Crippen LogP contribution in [0.25, 0.3) is 11.0 Å². The average Bonchev–Trinajstić information content (AvgIpc) is 2.68. The normalized spacial score (nSPS) is 12.9. The Labute approximate surface area is 106 Å². The summed E-state index contributed by atoms with van der Waals surface area (Å²) in [6.07, 6.45) is 0. The summed E-state index contributed by atoms with van der Waals surface area (Å²) in [5, 5.41) is 0. The first-order chi connectivity index (χ1) is 8.52. The van der Waals surface area contributed by atoms with Crippen LogP contribution in [0.15, 0.2) is 18.2 Å². The highest BCUT2D eigenvalue weighted by Crippen LogP contribution is 2.27. The molecule has 0 aliphatic carbocycles. The first-order valence-corrected chi connectivity index (χ1v) is 6.07. The molecule has 0 radical (unpaired) electrons. The summed E-state index contributed by atoms with van der Waals surface area (Å²) in [7, 11) is 1.43. The van der Waals surface area contributed by atoms with E-state index >= 15 is 0 Å². The molecule has 1 aromatic carbocycles. The predicted molar refractivity (Wildman–Crippen MR) is 70.4 cm³/mol. The van der Waals surface area contributed by atoms with Gasteiger partial charge in [0.05, 0.1) is 24.1 Å². The van der Waals surface area contributed by atoms with Gasteiger partial charge in [0.2, 0.25) is 0 Å². The largest absolute Gasteiger partial charge is 0.469 e. The Morgan fingerprint density at radius 2 is 2.11 bits per heavy atom. The van der Waals surface area contributed by atoms with Gasteiger partial charge in [-0.15, -0.1) is 0 Å². The number of fused-ring (bicyclic) bond motifs is 1. The summed E-state index contributed by atoms with van der Waals surface area (Å²) >= 11 is 0. The van der Waals surface area contributed by atoms with Crippen molar-refractivity contribution in [2.24, 2.45) is 5.92 Å². The Morgan fingerprint density at radius 3 is 2.72 bits per heavy atom. The van der Waals surface area contributed by atoms with E-state index in [2.05, 4.69) is 9.97 Å². The van der Waals surface area contributed by atoms with Gasteiger partial charge in [-0.2, -0.15) is 0 Å². The molecule has 2 aromatic rings. The van der Waals surface area contributed by atoms with Gasteiger partial charge >= 0.3 is 5.97 Å². The van der Waals surface area contributed by atoms with Gasteiger partial charge in [-0.3, -0.25) is 4.79 Å². The zero-order valence-electron chi connectivity index (χ0n) is 11.2. The number of H-pyrrole nitrogens is 1. The highest BCUT2D eigenvalue weighted by molar-refractivity contribution is 5.82. The van der Waals surface area contributed by atoms with Crippen molar-refractivity contribution < 1.29 is 9.53 Å². The first-order valence-electron chi connectivity index (χ1n) is 6.07. The SMILES string of the molecule is COC(=O)C(c1ccc2nc(C)[nH]c2c1)C(C)C. The maximum atomic E-state index is 11.8. The lowest BCUT2D eigenvalue weighted by Gasteiger charge is -2.18. The molecule has 1 unspecified atom stereocenters. The lowest BCUT2D eigenvalue weighted by atomic mass is 9.88. The van der Waals surface area contributed by atoms with Gasteiger partial charge in [-0.1, -0.05) is 19.9 Å². The molecule has 1 atom stereocenters. The number of hydrogen-bond donors (Lipinski definition) is 1. The van der Waals surface area contributed by atoms with Gasteiger partial charge in [0.25, 0.3) is 0 Å². The number of nitrogens with zero attached hydrogens (tertiary/aromatic N) is 1. The van der Waals surface area contributed by atoms with E-state index in [0.717, 1.165) is 22.4 Å². The molecule has 0 bridgehead atoms. The highest BCUT2D eigenvalue weighted by atomic mass is 16.5. The Bertz CT molecular complexity index is 572. The summed E-state index contributed by atoms with van der Waals surface area (Å²) in [6, 6.07) is 5.87. The molecule has 0 saturated heterocycles. The van der Waals surface area contributed by atoms with Crippen molar-refractivity contribution in [1.29, 1.82) is 0 Å². The number of aromatic amines is 1. The van der Waals surface area contributed by atoms with Crippen LogP contribution in [0.3, 0.4) is 0 Å². The van der Waals surface area contributed by atoms with Crippen LogP contribution in [0.1, 0.15) is 31.2 Å². The van der Waals surface area contributed by atoms with E-state index in [4.69, 9.17) is 4.74 Å². The predicted octanol–water partition coefficient (Wildman–Crippen LogP) is 2.78. The summed E-state index contributed by atoms with van der Waals surface area (Å²) in [5.41, 5.74) is 2.84. The second-order valence-corrected chi connectivity index (χ2v) is 4.84. The number of rotatable bonds is 3. The molecule has 1 N–H and O–H groups in total. The van der Waals surface area contributed by atoms with Crippen LogP contribution >= 0.6 is 0 Å².